The molecule has 2 fully saturated rings. The summed E-state index contributed by atoms with van der Waals surface area (Å²) in [5.74, 6) is 2.58. The molecule has 1 atom stereocenters. The molecule has 1 aromatic carbocycles. The summed E-state index contributed by atoms with van der Waals surface area (Å²) in [5, 5.41) is 0.741. The van der Waals surface area contributed by atoms with Gasteiger partial charge < -0.3 is 4.90 Å². The maximum Gasteiger partial charge on any atom is 0.255 e. The molecular formula is C22H27N3OS2. The van der Waals surface area contributed by atoms with Crippen LogP contribution in [-0.4, -0.2) is 63.6 Å². The lowest BCUT2D eigenvalue weighted by Crippen LogP contribution is -2.48. The molecule has 0 spiro atoms. The second kappa shape index (κ2) is 9.81. The maximum atomic E-state index is 13.2. The number of rotatable bonds is 6. The van der Waals surface area contributed by atoms with E-state index in [4.69, 9.17) is 0 Å². The maximum absolute atomic E-state index is 13.2. The molecule has 3 heterocycles. The van der Waals surface area contributed by atoms with E-state index in [0.29, 0.717) is 0 Å². The normalized spacial score (nSPS) is 20.4. The van der Waals surface area contributed by atoms with Gasteiger partial charge in [-0.1, -0.05) is 12.1 Å². The van der Waals surface area contributed by atoms with Crippen LogP contribution in [0.4, 0.5) is 0 Å². The molecule has 0 bridgehead atoms. The van der Waals surface area contributed by atoms with E-state index in [1.54, 1.807) is 0 Å². The summed E-state index contributed by atoms with van der Waals surface area (Å²) in [7, 11) is 0. The van der Waals surface area contributed by atoms with E-state index in [2.05, 4.69) is 39.8 Å². The van der Waals surface area contributed by atoms with Gasteiger partial charge in [0.1, 0.15) is 0 Å². The van der Waals surface area contributed by atoms with Gasteiger partial charge in [0.2, 0.25) is 0 Å². The van der Waals surface area contributed by atoms with Crippen LogP contribution in [0, 0.1) is 0 Å². The van der Waals surface area contributed by atoms with Gasteiger partial charge in [0.15, 0.2) is 0 Å². The molecule has 0 saturated carbocycles. The summed E-state index contributed by atoms with van der Waals surface area (Å²) in [6, 6.07) is 12.3. The Kier molecular flexibility index (Phi) is 6.94. The number of aromatic nitrogens is 1. The second-order valence-corrected chi connectivity index (χ2v) is 9.84. The Bertz CT molecular complexity index is 772. The van der Waals surface area contributed by atoms with E-state index in [-0.39, 0.29) is 5.91 Å². The standard InChI is InChI=1S/C22H27N3OS2/c26-22(20-5-1-2-6-21(20)28-17-19-4-3-15-27-19)25-13-11-24(12-14-25)16-18-7-9-23-10-8-18/h1-2,5-10,19H,3-4,11-17H2. The van der Waals surface area contributed by atoms with Crippen LogP contribution in [-0.2, 0) is 6.54 Å². The van der Waals surface area contributed by atoms with Crippen LogP contribution in [0.25, 0.3) is 0 Å². The molecule has 2 aliphatic rings. The van der Waals surface area contributed by atoms with Gasteiger partial charge in [-0.05, 0) is 48.4 Å². The number of carbonyl (C=O) groups is 1. The van der Waals surface area contributed by atoms with E-state index in [1.165, 1.54) is 24.2 Å². The number of thioether (sulfide) groups is 2. The molecule has 0 aliphatic carbocycles. The highest BCUT2D eigenvalue weighted by atomic mass is 32.2. The van der Waals surface area contributed by atoms with E-state index < -0.39 is 0 Å². The summed E-state index contributed by atoms with van der Waals surface area (Å²) in [6.07, 6.45) is 6.33. The van der Waals surface area contributed by atoms with Gasteiger partial charge in [0.05, 0.1) is 5.56 Å². The smallest absolute Gasteiger partial charge is 0.255 e. The predicted octanol–water partition coefficient (Wildman–Crippen LogP) is 4.03. The van der Waals surface area contributed by atoms with Crippen molar-refractivity contribution in [1.29, 1.82) is 0 Å². The van der Waals surface area contributed by atoms with Crippen molar-refractivity contribution in [2.75, 3.05) is 37.7 Å². The molecule has 6 heteroatoms. The summed E-state index contributed by atoms with van der Waals surface area (Å²) in [4.78, 5) is 22.8. The van der Waals surface area contributed by atoms with Crippen LogP contribution >= 0.6 is 23.5 Å². The summed E-state index contributed by atoms with van der Waals surface area (Å²) < 4.78 is 0. The Hall–Kier alpha value is -1.50. The zero-order valence-corrected chi connectivity index (χ0v) is 17.8. The molecule has 4 rings (SSSR count). The monoisotopic (exact) mass is 413 g/mol. The van der Waals surface area contributed by atoms with Crippen LogP contribution in [0.3, 0.4) is 0 Å². The highest BCUT2D eigenvalue weighted by Crippen LogP contribution is 2.33. The second-order valence-electron chi connectivity index (χ2n) is 7.37. The van der Waals surface area contributed by atoms with Crippen molar-refractivity contribution in [3.8, 4) is 0 Å². The van der Waals surface area contributed by atoms with Crippen LogP contribution in [0.2, 0.25) is 0 Å². The van der Waals surface area contributed by atoms with Gasteiger partial charge in [-0.15, -0.1) is 11.8 Å². The topological polar surface area (TPSA) is 36.4 Å². The summed E-state index contributed by atoms with van der Waals surface area (Å²) in [5.41, 5.74) is 2.15. The van der Waals surface area contributed by atoms with Gasteiger partial charge in [0.25, 0.3) is 5.91 Å². The Morgan fingerprint density at radius 1 is 1.11 bits per heavy atom. The molecule has 2 saturated heterocycles. The number of hydrogen-bond donors (Lipinski definition) is 0. The molecule has 1 aromatic heterocycles. The first-order valence-corrected chi connectivity index (χ1v) is 12.1. The predicted molar refractivity (Wildman–Crippen MR) is 118 cm³/mol. The van der Waals surface area contributed by atoms with E-state index in [9.17, 15) is 4.79 Å². The molecular weight excluding hydrogens is 386 g/mol. The van der Waals surface area contributed by atoms with Crippen LogP contribution in [0.1, 0.15) is 28.8 Å². The number of pyridine rings is 1. The van der Waals surface area contributed by atoms with Gasteiger partial charge in [-0.25, -0.2) is 0 Å². The molecule has 148 valence electrons. The van der Waals surface area contributed by atoms with Gasteiger partial charge in [-0.2, -0.15) is 11.8 Å². The highest BCUT2D eigenvalue weighted by molar-refractivity contribution is 8.03. The number of hydrogen-bond acceptors (Lipinski definition) is 5. The third-order valence-electron chi connectivity index (χ3n) is 5.38. The Labute approximate surface area is 176 Å². The summed E-state index contributed by atoms with van der Waals surface area (Å²) in [6.45, 7) is 4.35. The third kappa shape index (κ3) is 5.10. The van der Waals surface area contributed by atoms with E-state index >= 15 is 0 Å². The zero-order valence-electron chi connectivity index (χ0n) is 16.1. The van der Waals surface area contributed by atoms with Crippen molar-refractivity contribution in [3.63, 3.8) is 0 Å². The van der Waals surface area contributed by atoms with Crippen molar-refractivity contribution in [1.82, 2.24) is 14.8 Å². The number of carbonyl (C=O) groups excluding carboxylic acids is 1. The van der Waals surface area contributed by atoms with Crippen LogP contribution in [0.15, 0.2) is 53.7 Å². The molecule has 4 nitrogen and oxygen atoms in total. The van der Waals surface area contributed by atoms with Crippen LogP contribution < -0.4 is 0 Å². The Morgan fingerprint density at radius 3 is 2.64 bits per heavy atom. The van der Waals surface area contributed by atoms with Gasteiger partial charge in [0, 0.05) is 61.0 Å². The molecule has 1 unspecified atom stereocenters. The summed E-state index contributed by atoms with van der Waals surface area (Å²) >= 11 is 3.93. The van der Waals surface area contributed by atoms with Crippen LogP contribution in [0.5, 0.6) is 0 Å². The molecule has 2 aliphatic heterocycles. The van der Waals surface area contributed by atoms with Gasteiger partial charge in [-0.3, -0.25) is 14.7 Å². The average molecular weight is 414 g/mol. The minimum Gasteiger partial charge on any atom is -0.336 e. The Morgan fingerprint density at radius 2 is 1.89 bits per heavy atom. The fraction of sp³-hybridized carbons (Fsp3) is 0.455. The van der Waals surface area contributed by atoms with Crippen molar-refractivity contribution in [2.24, 2.45) is 0 Å². The fourth-order valence-electron chi connectivity index (χ4n) is 3.75. The Balaban J connectivity index is 1.33. The van der Waals surface area contributed by atoms with Crippen molar-refractivity contribution in [3.05, 3.63) is 59.9 Å². The number of amides is 1. The molecule has 0 N–H and O–H groups in total. The SMILES string of the molecule is O=C(c1ccccc1SCC1CCCS1)N1CCN(Cc2ccncc2)CC1. The largest absolute Gasteiger partial charge is 0.336 e. The highest BCUT2D eigenvalue weighted by Gasteiger charge is 2.24. The number of nitrogens with zero attached hydrogens (tertiary/aromatic N) is 3. The average Bonchev–Trinajstić information content (AvgIpc) is 3.27. The lowest BCUT2D eigenvalue weighted by Gasteiger charge is -2.35. The lowest BCUT2D eigenvalue weighted by molar-refractivity contribution is 0.0625. The van der Waals surface area contributed by atoms with Crippen molar-refractivity contribution < 1.29 is 4.79 Å². The zero-order chi connectivity index (χ0) is 19.2. The molecule has 2 aromatic rings. The third-order valence-corrected chi connectivity index (χ3v) is 8.23. The molecule has 28 heavy (non-hydrogen) atoms. The fourth-order valence-corrected chi connectivity index (χ4v) is 6.36. The van der Waals surface area contributed by atoms with E-state index in [0.717, 1.165) is 54.2 Å². The number of benzene rings is 1. The lowest BCUT2D eigenvalue weighted by atomic mass is 10.1. The first-order valence-electron chi connectivity index (χ1n) is 10.0. The van der Waals surface area contributed by atoms with Crippen molar-refractivity contribution >= 4 is 29.4 Å². The number of piperazine rings is 1. The molecule has 1 amide bonds. The first kappa shape index (κ1) is 19.8. The van der Waals surface area contributed by atoms with Crippen molar-refractivity contribution in [2.45, 2.75) is 29.5 Å². The minimum absolute atomic E-state index is 0.186. The quantitative estimate of drug-likeness (QED) is 0.669. The minimum atomic E-state index is 0.186. The van der Waals surface area contributed by atoms with Gasteiger partial charge >= 0.3 is 0 Å². The first-order chi connectivity index (χ1) is 13.8. The van der Waals surface area contributed by atoms with E-state index in [1.807, 2.05) is 47.3 Å². The molecule has 0 radical (unpaired) electrons.